The SMILES string of the molecule is CC(=O)c1ccc(OSN(C)N)cc1. The van der Waals surface area contributed by atoms with Gasteiger partial charge in [-0.15, -0.1) is 0 Å². The highest BCUT2D eigenvalue weighted by Gasteiger charge is 2.00. The van der Waals surface area contributed by atoms with Gasteiger partial charge in [-0.3, -0.25) is 10.6 Å². The summed E-state index contributed by atoms with van der Waals surface area (Å²) in [6.07, 6.45) is 0. The quantitative estimate of drug-likeness (QED) is 0.270. The molecule has 0 aromatic heterocycles. The van der Waals surface area contributed by atoms with Gasteiger partial charge in [-0.05, 0) is 31.2 Å². The van der Waals surface area contributed by atoms with E-state index in [1.807, 2.05) is 0 Å². The summed E-state index contributed by atoms with van der Waals surface area (Å²) < 4.78 is 6.55. The van der Waals surface area contributed by atoms with E-state index in [0.717, 1.165) is 12.2 Å². The largest absolute Gasteiger partial charge is 0.409 e. The van der Waals surface area contributed by atoms with Crippen LogP contribution in [0.4, 0.5) is 0 Å². The van der Waals surface area contributed by atoms with Crippen molar-refractivity contribution in [2.75, 3.05) is 7.05 Å². The number of nitrogens with two attached hydrogens (primary N) is 1. The molecule has 0 aliphatic heterocycles. The number of hydrazine groups is 1. The number of Topliss-reactive ketones (excluding diaryl/α,β-unsaturated/α-hetero) is 1. The second kappa shape index (κ2) is 4.99. The zero-order valence-corrected chi connectivity index (χ0v) is 8.88. The van der Waals surface area contributed by atoms with E-state index in [9.17, 15) is 4.79 Å². The van der Waals surface area contributed by atoms with Gasteiger partial charge in [-0.25, -0.2) is 0 Å². The summed E-state index contributed by atoms with van der Waals surface area (Å²) >= 11 is 1.02. The second-order valence-corrected chi connectivity index (χ2v) is 3.68. The maximum Gasteiger partial charge on any atom is 0.161 e. The predicted molar refractivity (Wildman–Crippen MR) is 56.6 cm³/mol. The Morgan fingerprint density at radius 1 is 1.43 bits per heavy atom. The molecule has 0 fully saturated rings. The van der Waals surface area contributed by atoms with E-state index < -0.39 is 0 Å². The number of carbonyl (C=O) groups is 1. The minimum Gasteiger partial charge on any atom is -0.409 e. The zero-order valence-electron chi connectivity index (χ0n) is 8.06. The normalized spacial score (nSPS) is 10.3. The summed E-state index contributed by atoms with van der Waals surface area (Å²) in [6.45, 7) is 1.53. The Morgan fingerprint density at radius 3 is 2.43 bits per heavy atom. The van der Waals surface area contributed by atoms with Gasteiger partial charge < -0.3 is 4.18 Å². The summed E-state index contributed by atoms with van der Waals surface area (Å²) in [5.74, 6) is 6.04. The highest BCUT2D eigenvalue weighted by Crippen LogP contribution is 2.17. The van der Waals surface area contributed by atoms with Crippen molar-refractivity contribution in [3.63, 3.8) is 0 Å². The first-order valence-electron chi connectivity index (χ1n) is 4.03. The lowest BCUT2D eigenvalue weighted by Gasteiger charge is -2.08. The van der Waals surface area contributed by atoms with E-state index in [0.29, 0.717) is 11.3 Å². The van der Waals surface area contributed by atoms with Crippen LogP contribution in [0.1, 0.15) is 17.3 Å². The van der Waals surface area contributed by atoms with Crippen molar-refractivity contribution >= 4 is 18.0 Å². The molecule has 0 saturated heterocycles. The van der Waals surface area contributed by atoms with Gasteiger partial charge in [0.2, 0.25) is 0 Å². The lowest BCUT2D eigenvalue weighted by Crippen LogP contribution is -2.18. The minimum absolute atomic E-state index is 0.0418. The molecule has 5 heteroatoms. The Hall–Kier alpha value is -1.04. The topological polar surface area (TPSA) is 55.6 Å². The summed E-state index contributed by atoms with van der Waals surface area (Å²) in [5.41, 5.74) is 0.670. The fourth-order valence-corrected chi connectivity index (χ4v) is 1.16. The molecule has 0 bridgehead atoms. The molecule has 0 atom stereocenters. The third-order valence-electron chi connectivity index (χ3n) is 1.51. The van der Waals surface area contributed by atoms with Gasteiger partial charge in [-0.2, -0.15) is 4.41 Å². The highest BCUT2D eigenvalue weighted by atomic mass is 32.2. The molecule has 1 rings (SSSR count). The van der Waals surface area contributed by atoms with E-state index in [1.54, 1.807) is 31.3 Å². The number of nitrogens with zero attached hydrogens (tertiary/aromatic N) is 1. The molecule has 0 saturated carbocycles. The Balaban J connectivity index is 2.60. The number of hydrogen-bond donors (Lipinski definition) is 1. The highest BCUT2D eigenvalue weighted by molar-refractivity contribution is 7.92. The van der Waals surface area contributed by atoms with E-state index in [1.165, 1.54) is 11.3 Å². The van der Waals surface area contributed by atoms with Crippen LogP contribution in [0, 0.1) is 0 Å². The monoisotopic (exact) mass is 212 g/mol. The third-order valence-corrected chi connectivity index (χ3v) is 2.01. The Morgan fingerprint density at radius 2 is 2.00 bits per heavy atom. The van der Waals surface area contributed by atoms with E-state index >= 15 is 0 Å². The average molecular weight is 212 g/mol. The van der Waals surface area contributed by atoms with Crippen LogP contribution < -0.4 is 10.0 Å². The number of carbonyl (C=O) groups excluding carboxylic acids is 1. The molecule has 0 amide bonds. The fourth-order valence-electron chi connectivity index (χ4n) is 0.847. The average Bonchev–Trinajstić information content (AvgIpc) is 2.15. The van der Waals surface area contributed by atoms with Crippen LogP contribution >= 0.6 is 12.2 Å². The molecule has 0 aliphatic rings. The van der Waals surface area contributed by atoms with Crippen LogP contribution in [0.25, 0.3) is 0 Å². The van der Waals surface area contributed by atoms with Gasteiger partial charge in [0, 0.05) is 12.6 Å². The lowest BCUT2D eigenvalue weighted by molar-refractivity contribution is 0.101. The lowest BCUT2D eigenvalue weighted by atomic mass is 10.1. The standard InChI is InChI=1S/C9H12N2O2S/c1-7(12)8-3-5-9(6-4-8)13-14-11(2)10/h3-6H,10H2,1-2H3. The molecule has 14 heavy (non-hydrogen) atoms. The molecular formula is C9H12N2O2S. The van der Waals surface area contributed by atoms with Gasteiger partial charge in [0.25, 0.3) is 0 Å². The molecule has 4 nitrogen and oxygen atoms in total. The van der Waals surface area contributed by atoms with Crippen LogP contribution in [0.2, 0.25) is 0 Å². The maximum absolute atomic E-state index is 10.9. The van der Waals surface area contributed by atoms with Gasteiger partial charge in [0.15, 0.2) is 18.0 Å². The zero-order chi connectivity index (χ0) is 10.6. The molecular weight excluding hydrogens is 200 g/mol. The van der Waals surface area contributed by atoms with Crippen LogP contribution in [-0.4, -0.2) is 17.2 Å². The van der Waals surface area contributed by atoms with E-state index in [4.69, 9.17) is 10.0 Å². The Labute approximate surface area is 87.3 Å². The molecule has 0 spiro atoms. The molecule has 0 heterocycles. The number of hydrogen-bond acceptors (Lipinski definition) is 5. The van der Waals surface area contributed by atoms with E-state index in [2.05, 4.69) is 0 Å². The third kappa shape index (κ3) is 3.37. The van der Waals surface area contributed by atoms with Crippen molar-refractivity contribution in [2.24, 2.45) is 5.84 Å². The minimum atomic E-state index is 0.0418. The van der Waals surface area contributed by atoms with E-state index in [-0.39, 0.29) is 5.78 Å². The van der Waals surface area contributed by atoms with Crippen molar-refractivity contribution in [3.8, 4) is 5.75 Å². The van der Waals surface area contributed by atoms with Crippen molar-refractivity contribution < 1.29 is 8.98 Å². The van der Waals surface area contributed by atoms with Crippen LogP contribution in [0.3, 0.4) is 0 Å². The Bertz CT molecular complexity index is 311. The maximum atomic E-state index is 10.9. The van der Waals surface area contributed by atoms with Crippen molar-refractivity contribution in [2.45, 2.75) is 6.92 Å². The van der Waals surface area contributed by atoms with Crippen molar-refractivity contribution in [3.05, 3.63) is 29.8 Å². The number of ketones is 1. The van der Waals surface area contributed by atoms with Crippen molar-refractivity contribution in [1.82, 2.24) is 4.41 Å². The second-order valence-electron chi connectivity index (χ2n) is 2.78. The van der Waals surface area contributed by atoms with Gasteiger partial charge in [-0.1, -0.05) is 0 Å². The summed E-state index contributed by atoms with van der Waals surface area (Å²) in [5, 5.41) is 0. The molecule has 0 unspecified atom stereocenters. The van der Waals surface area contributed by atoms with Crippen molar-refractivity contribution in [1.29, 1.82) is 0 Å². The van der Waals surface area contributed by atoms with Gasteiger partial charge >= 0.3 is 0 Å². The van der Waals surface area contributed by atoms with Gasteiger partial charge in [0.1, 0.15) is 5.75 Å². The van der Waals surface area contributed by atoms with Crippen LogP contribution in [0.5, 0.6) is 5.75 Å². The summed E-state index contributed by atoms with van der Waals surface area (Å²) in [6, 6.07) is 6.89. The first-order valence-corrected chi connectivity index (χ1v) is 4.73. The summed E-state index contributed by atoms with van der Waals surface area (Å²) in [7, 11) is 1.68. The molecule has 1 aromatic carbocycles. The fraction of sp³-hybridized carbons (Fsp3) is 0.222. The Kier molecular flexibility index (Phi) is 3.94. The smallest absolute Gasteiger partial charge is 0.161 e. The number of rotatable bonds is 4. The first kappa shape index (κ1) is 11.0. The molecule has 2 N–H and O–H groups in total. The predicted octanol–water partition coefficient (Wildman–Crippen LogP) is 1.64. The van der Waals surface area contributed by atoms with Crippen LogP contribution in [-0.2, 0) is 0 Å². The first-order chi connectivity index (χ1) is 6.59. The number of benzene rings is 1. The summed E-state index contributed by atoms with van der Waals surface area (Å²) in [4.78, 5) is 10.9. The molecule has 1 aromatic rings. The molecule has 76 valence electrons. The molecule has 0 radical (unpaired) electrons. The van der Waals surface area contributed by atoms with Crippen LogP contribution in [0.15, 0.2) is 24.3 Å². The van der Waals surface area contributed by atoms with Gasteiger partial charge in [0.05, 0.1) is 0 Å². The molecule has 0 aliphatic carbocycles.